The number of carboxylic acids is 2. The van der Waals surface area contributed by atoms with Crippen LogP contribution in [0.4, 0.5) is 11.4 Å². The Morgan fingerprint density at radius 2 is 1.92 bits per heavy atom. The largest absolute Gasteiger partial charge is 0.495 e. The Labute approximate surface area is 144 Å². The van der Waals surface area contributed by atoms with Gasteiger partial charge in [-0.2, -0.15) is 0 Å². The highest BCUT2D eigenvalue weighted by molar-refractivity contribution is 6.27. The molecule has 25 heavy (non-hydrogen) atoms. The molecule has 1 aliphatic rings. The zero-order valence-electron chi connectivity index (χ0n) is 14.1. The van der Waals surface area contributed by atoms with Gasteiger partial charge in [0.15, 0.2) is 0 Å². The van der Waals surface area contributed by atoms with Gasteiger partial charge in [0.05, 0.1) is 17.7 Å². The number of non-ortho nitro benzene ring substituents is 1. The molecule has 9 nitrogen and oxygen atoms in total. The minimum absolute atomic E-state index is 0.0900. The lowest BCUT2D eigenvalue weighted by Gasteiger charge is -2.28. The van der Waals surface area contributed by atoms with Crippen LogP contribution < -0.4 is 10.1 Å². The van der Waals surface area contributed by atoms with Crippen molar-refractivity contribution in [1.29, 1.82) is 0 Å². The third-order valence-electron chi connectivity index (χ3n) is 3.87. The van der Waals surface area contributed by atoms with Crippen molar-refractivity contribution in [3.05, 3.63) is 28.3 Å². The fourth-order valence-electron chi connectivity index (χ4n) is 2.71. The van der Waals surface area contributed by atoms with E-state index in [9.17, 15) is 10.1 Å². The van der Waals surface area contributed by atoms with Gasteiger partial charge in [0.25, 0.3) is 5.69 Å². The van der Waals surface area contributed by atoms with Gasteiger partial charge in [-0.3, -0.25) is 10.1 Å². The van der Waals surface area contributed by atoms with E-state index in [1.54, 1.807) is 19.2 Å². The second-order valence-corrected chi connectivity index (χ2v) is 5.87. The van der Waals surface area contributed by atoms with E-state index in [2.05, 4.69) is 12.2 Å². The molecule has 2 atom stereocenters. The number of ether oxygens (including phenoxy) is 1. The highest BCUT2D eigenvalue weighted by Gasteiger charge is 2.20. The van der Waals surface area contributed by atoms with E-state index >= 15 is 0 Å². The Kier molecular flexibility index (Phi) is 7.64. The molecule has 1 saturated carbocycles. The minimum atomic E-state index is -1.82. The number of benzene rings is 1. The first-order chi connectivity index (χ1) is 11.7. The number of nitro groups is 1. The van der Waals surface area contributed by atoms with E-state index in [1.807, 2.05) is 0 Å². The van der Waals surface area contributed by atoms with Crippen LogP contribution in [0.2, 0.25) is 0 Å². The summed E-state index contributed by atoms with van der Waals surface area (Å²) in [5.74, 6) is -2.29. The first-order valence-corrected chi connectivity index (χ1v) is 7.79. The SMILES string of the molecule is COc1ccc([N+](=O)[O-])cc1NC1CCCC(C)C1.O=C(O)C(=O)O. The maximum absolute atomic E-state index is 10.8. The standard InChI is InChI=1S/C14H20N2O3.C2H2O4/c1-10-4-3-5-11(8-10)15-13-9-12(16(17)18)6-7-14(13)19-2;3-1(4)2(5)6/h6-7,9-11,15H,3-5,8H2,1-2H3;(H,3,4)(H,5,6). The van der Waals surface area contributed by atoms with Gasteiger partial charge in [-0.05, 0) is 24.8 Å². The van der Waals surface area contributed by atoms with Crippen LogP contribution in [0.25, 0.3) is 0 Å². The molecule has 3 N–H and O–H groups in total. The fraction of sp³-hybridized carbons (Fsp3) is 0.500. The zero-order chi connectivity index (χ0) is 19.0. The normalized spacial score (nSPS) is 19.1. The molecular formula is C16H22N2O7. The van der Waals surface area contributed by atoms with E-state index in [0.717, 1.165) is 18.5 Å². The Balaban J connectivity index is 0.000000450. The van der Waals surface area contributed by atoms with Crippen molar-refractivity contribution in [3.8, 4) is 5.75 Å². The lowest BCUT2D eigenvalue weighted by atomic mass is 9.87. The van der Waals surface area contributed by atoms with E-state index < -0.39 is 11.9 Å². The van der Waals surface area contributed by atoms with Crippen LogP contribution in [0.1, 0.15) is 32.6 Å². The molecule has 2 unspecified atom stereocenters. The number of carboxylic acid groups (broad SMARTS) is 2. The van der Waals surface area contributed by atoms with Crippen molar-refractivity contribution in [3.63, 3.8) is 0 Å². The minimum Gasteiger partial charge on any atom is -0.495 e. The Bertz CT molecular complexity index is 621. The van der Waals surface area contributed by atoms with Gasteiger partial charge in [-0.1, -0.05) is 19.8 Å². The third kappa shape index (κ3) is 6.66. The number of carbonyl (C=O) groups is 2. The molecule has 0 bridgehead atoms. The molecule has 1 aromatic rings. The zero-order valence-corrected chi connectivity index (χ0v) is 14.1. The maximum atomic E-state index is 10.8. The van der Waals surface area contributed by atoms with Crippen LogP contribution in [0.5, 0.6) is 5.75 Å². The van der Waals surface area contributed by atoms with Gasteiger partial charge in [0.1, 0.15) is 5.75 Å². The molecule has 0 radical (unpaired) electrons. The number of methoxy groups -OCH3 is 1. The highest BCUT2D eigenvalue weighted by Crippen LogP contribution is 2.32. The Morgan fingerprint density at radius 3 is 2.40 bits per heavy atom. The maximum Gasteiger partial charge on any atom is 0.414 e. The summed E-state index contributed by atoms with van der Waals surface area (Å²) in [6.45, 7) is 2.25. The predicted octanol–water partition coefficient (Wildman–Crippen LogP) is 2.75. The highest BCUT2D eigenvalue weighted by atomic mass is 16.6. The number of nitro benzene ring substituents is 1. The number of aliphatic carboxylic acids is 2. The van der Waals surface area contributed by atoms with E-state index in [0.29, 0.717) is 17.7 Å². The number of nitrogens with one attached hydrogen (secondary N) is 1. The average molecular weight is 354 g/mol. The summed E-state index contributed by atoms with van der Waals surface area (Å²) < 4.78 is 5.26. The molecule has 1 fully saturated rings. The second-order valence-electron chi connectivity index (χ2n) is 5.87. The van der Waals surface area contributed by atoms with Gasteiger partial charge >= 0.3 is 11.9 Å². The average Bonchev–Trinajstić information content (AvgIpc) is 2.55. The molecule has 0 heterocycles. The van der Waals surface area contributed by atoms with E-state index in [-0.39, 0.29) is 10.6 Å². The van der Waals surface area contributed by atoms with Crippen LogP contribution in [0, 0.1) is 16.0 Å². The molecule has 1 aromatic carbocycles. The third-order valence-corrected chi connectivity index (χ3v) is 3.87. The molecule has 0 saturated heterocycles. The van der Waals surface area contributed by atoms with Crippen molar-refractivity contribution in [2.45, 2.75) is 38.6 Å². The van der Waals surface area contributed by atoms with Crippen molar-refractivity contribution >= 4 is 23.3 Å². The first kappa shape index (κ1) is 20.2. The lowest BCUT2D eigenvalue weighted by molar-refractivity contribution is -0.384. The molecule has 0 spiro atoms. The molecule has 1 aliphatic carbocycles. The summed E-state index contributed by atoms with van der Waals surface area (Å²) >= 11 is 0. The lowest BCUT2D eigenvalue weighted by Crippen LogP contribution is -2.26. The van der Waals surface area contributed by atoms with Gasteiger partial charge in [0, 0.05) is 18.2 Å². The first-order valence-electron chi connectivity index (χ1n) is 7.79. The van der Waals surface area contributed by atoms with Gasteiger partial charge < -0.3 is 20.3 Å². The molecule has 2 rings (SSSR count). The number of anilines is 1. The molecule has 0 amide bonds. The van der Waals surface area contributed by atoms with Crippen molar-refractivity contribution < 1.29 is 29.5 Å². The van der Waals surface area contributed by atoms with Gasteiger partial charge in [-0.15, -0.1) is 0 Å². The van der Waals surface area contributed by atoms with Gasteiger partial charge in [0.2, 0.25) is 0 Å². The summed E-state index contributed by atoms with van der Waals surface area (Å²) in [6, 6.07) is 5.04. The van der Waals surface area contributed by atoms with Crippen LogP contribution in [-0.4, -0.2) is 40.2 Å². The van der Waals surface area contributed by atoms with E-state index in [1.165, 1.54) is 18.9 Å². The summed E-state index contributed by atoms with van der Waals surface area (Å²) in [7, 11) is 1.58. The van der Waals surface area contributed by atoms with Crippen LogP contribution in [0.3, 0.4) is 0 Å². The van der Waals surface area contributed by atoms with Gasteiger partial charge in [-0.25, -0.2) is 9.59 Å². The second kappa shape index (κ2) is 9.45. The molecule has 9 heteroatoms. The number of hydrogen-bond acceptors (Lipinski definition) is 6. The number of nitrogens with zero attached hydrogens (tertiary/aromatic N) is 1. The summed E-state index contributed by atoms with van der Waals surface area (Å²) in [6.07, 6.45) is 4.68. The number of hydrogen-bond donors (Lipinski definition) is 3. The summed E-state index contributed by atoms with van der Waals surface area (Å²) in [5, 5.41) is 29.0. The molecular weight excluding hydrogens is 332 g/mol. The van der Waals surface area contributed by atoms with E-state index in [4.69, 9.17) is 24.5 Å². The molecule has 0 aromatic heterocycles. The van der Waals surface area contributed by atoms with Crippen molar-refractivity contribution in [1.82, 2.24) is 0 Å². The summed E-state index contributed by atoms with van der Waals surface area (Å²) in [5.41, 5.74) is 0.808. The van der Waals surface area contributed by atoms with Crippen LogP contribution >= 0.6 is 0 Å². The quantitative estimate of drug-likeness (QED) is 0.426. The van der Waals surface area contributed by atoms with Crippen molar-refractivity contribution in [2.24, 2.45) is 5.92 Å². The topological polar surface area (TPSA) is 139 Å². The van der Waals surface area contributed by atoms with Crippen LogP contribution in [0.15, 0.2) is 18.2 Å². The van der Waals surface area contributed by atoms with Crippen molar-refractivity contribution in [2.75, 3.05) is 12.4 Å². The molecule has 138 valence electrons. The molecule has 0 aliphatic heterocycles. The van der Waals surface area contributed by atoms with Crippen LogP contribution in [-0.2, 0) is 9.59 Å². The summed E-state index contributed by atoms with van der Waals surface area (Å²) in [4.78, 5) is 28.7. The predicted molar refractivity (Wildman–Crippen MR) is 90.0 cm³/mol. The monoisotopic (exact) mass is 354 g/mol. The number of rotatable bonds is 4. The fourth-order valence-corrected chi connectivity index (χ4v) is 2.71. The Morgan fingerprint density at radius 1 is 1.28 bits per heavy atom. The Hall–Kier alpha value is -2.84. The smallest absolute Gasteiger partial charge is 0.414 e.